The Morgan fingerprint density at radius 1 is 1.28 bits per heavy atom. The van der Waals surface area contributed by atoms with E-state index in [9.17, 15) is 4.79 Å². The molecule has 1 aromatic heterocycles. The summed E-state index contributed by atoms with van der Waals surface area (Å²) in [7, 11) is 0. The van der Waals surface area contributed by atoms with Gasteiger partial charge in [-0.3, -0.25) is 4.79 Å². The van der Waals surface area contributed by atoms with Crippen LogP contribution in [0, 0.1) is 11.3 Å². The summed E-state index contributed by atoms with van der Waals surface area (Å²) < 4.78 is 0. The van der Waals surface area contributed by atoms with Crippen LogP contribution in [0.1, 0.15) is 16.1 Å². The first-order valence-electron chi connectivity index (χ1n) is 5.12. The lowest BCUT2D eigenvalue weighted by Crippen LogP contribution is -2.12. The first-order valence-corrected chi connectivity index (χ1v) is 5.50. The quantitative estimate of drug-likeness (QED) is 0.900. The maximum atomic E-state index is 11.9. The Kier molecular flexibility index (Phi) is 3.56. The Bertz CT molecular complexity index is 617. The summed E-state index contributed by atoms with van der Waals surface area (Å²) in [5.74, 6) is -0.295. The second kappa shape index (κ2) is 5.30. The first kappa shape index (κ1) is 12.1. The van der Waals surface area contributed by atoms with Gasteiger partial charge in [-0.25, -0.2) is 4.98 Å². The van der Waals surface area contributed by atoms with Crippen LogP contribution in [0.5, 0.6) is 0 Å². The Morgan fingerprint density at radius 3 is 2.67 bits per heavy atom. The average Bonchev–Trinajstić information content (AvgIpc) is 2.41. The van der Waals surface area contributed by atoms with E-state index in [2.05, 4.69) is 10.3 Å². The zero-order valence-electron chi connectivity index (χ0n) is 9.22. The first-order chi connectivity index (χ1) is 8.69. The van der Waals surface area contributed by atoms with Crippen LogP contribution in [-0.4, -0.2) is 10.9 Å². The number of nitrogens with one attached hydrogen (secondary N) is 1. The van der Waals surface area contributed by atoms with E-state index in [1.165, 1.54) is 12.3 Å². The van der Waals surface area contributed by atoms with Crippen molar-refractivity contribution in [3.8, 4) is 6.07 Å². The molecule has 18 heavy (non-hydrogen) atoms. The molecule has 5 heteroatoms. The molecule has 0 saturated carbocycles. The lowest BCUT2D eigenvalue weighted by molar-refractivity contribution is 0.102. The third-order valence-electron chi connectivity index (χ3n) is 2.24. The van der Waals surface area contributed by atoms with Gasteiger partial charge in [0.2, 0.25) is 0 Å². The van der Waals surface area contributed by atoms with E-state index in [1.807, 2.05) is 6.07 Å². The number of aromatic nitrogens is 1. The number of pyridine rings is 1. The molecule has 0 aliphatic rings. The third-order valence-corrected chi connectivity index (χ3v) is 2.49. The highest BCUT2D eigenvalue weighted by molar-refractivity contribution is 6.30. The molecule has 1 amide bonds. The van der Waals surface area contributed by atoms with E-state index in [-0.39, 0.29) is 11.6 Å². The van der Waals surface area contributed by atoms with E-state index in [0.717, 1.165) is 0 Å². The summed E-state index contributed by atoms with van der Waals surface area (Å²) in [5.41, 5.74) is 1.23. The van der Waals surface area contributed by atoms with Gasteiger partial charge in [-0.2, -0.15) is 5.26 Å². The van der Waals surface area contributed by atoms with Crippen LogP contribution in [0.2, 0.25) is 5.02 Å². The number of halogens is 1. The van der Waals surface area contributed by atoms with Crippen LogP contribution in [0.3, 0.4) is 0 Å². The zero-order valence-corrected chi connectivity index (χ0v) is 9.98. The molecule has 0 unspecified atom stereocenters. The molecule has 0 saturated heterocycles. The van der Waals surface area contributed by atoms with E-state index in [4.69, 9.17) is 16.9 Å². The molecular weight excluding hydrogens is 250 g/mol. The fourth-order valence-electron chi connectivity index (χ4n) is 1.37. The molecule has 88 valence electrons. The predicted octanol–water partition coefficient (Wildman–Crippen LogP) is 2.86. The smallest absolute Gasteiger partial charge is 0.255 e. The van der Waals surface area contributed by atoms with Gasteiger partial charge in [-0.05, 0) is 36.4 Å². The number of carbonyl (C=O) groups excluding carboxylic acids is 1. The van der Waals surface area contributed by atoms with Crippen LogP contribution >= 0.6 is 11.6 Å². The van der Waals surface area contributed by atoms with E-state index in [1.54, 1.807) is 30.3 Å². The van der Waals surface area contributed by atoms with Crippen LogP contribution in [0.4, 0.5) is 5.69 Å². The van der Waals surface area contributed by atoms with Crippen LogP contribution in [0.15, 0.2) is 42.6 Å². The van der Waals surface area contributed by atoms with Crippen molar-refractivity contribution >= 4 is 23.2 Å². The summed E-state index contributed by atoms with van der Waals surface area (Å²) in [6, 6.07) is 11.6. The van der Waals surface area contributed by atoms with Crippen molar-refractivity contribution in [2.24, 2.45) is 0 Å². The minimum absolute atomic E-state index is 0.207. The van der Waals surface area contributed by atoms with Crippen molar-refractivity contribution in [1.29, 1.82) is 5.26 Å². The fourth-order valence-corrected chi connectivity index (χ4v) is 1.50. The van der Waals surface area contributed by atoms with Gasteiger partial charge in [0.15, 0.2) is 0 Å². The molecule has 1 aromatic carbocycles. The maximum Gasteiger partial charge on any atom is 0.255 e. The minimum Gasteiger partial charge on any atom is -0.322 e. The molecule has 2 rings (SSSR count). The van der Waals surface area contributed by atoms with Crippen LogP contribution in [-0.2, 0) is 0 Å². The third kappa shape index (κ3) is 2.84. The Hall–Kier alpha value is -2.38. The van der Waals surface area contributed by atoms with Gasteiger partial charge >= 0.3 is 0 Å². The second-order valence-electron chi connectivity index (χ2n) is 3.50. The molecule has 0 aliphatic carbocycles. The van der Waals surface area contributed by atoms with Gasteiger partial charge in [-0.1, -0.05) is 11.6 Å². The lowest BCUT2D eigenvalue weighted by Gasteiger charge is -2.05. The van der Waals surface area contributed by atoms with Crippen molar-refractivity contribution in [1.82, 2.24) is 4.98 Å². The average molecular weight is 258 g/mol. The van der Waals surface area contributed by atoms with Gasteiger partial charge in [0.05, 0.1) is 0 Å². The molecular formula is C13H8ClN3O. The number of carbonyl (C=O) groups is 1. The van der Waals surface area contributed by atoms with Gasteiger partial charge in [0.25, 0.3) is 5.91 Å². The molecule has 0 atom stereocenters. The summed E-state index contributed by atoms with van der Waals surface area (Å²) in [5, 5.41) is 12.0. The fraction of sp³-hybridized carbons (Fsp3) is 0. The zero-order chi connectivity index (χ0) is 13.0. The predicted molar refractivity (Wildman–Crippen MR) is 68.4 cm³/mol. The number of anilines is 1. The number of hydrogen-bond acceptors (Lipinski definition) is 3. The highest BCUT2D eigenvalue weighted by Crippen LogP contribution is 2.14. The van der Waals surface area contributed by atoms with Crippen LogP contribution < -0.4 is 5.32 Å². The van der Waals surface area contributed by atoms with E-state index < -0.39 is 0 Å². The molecule has 2 aromatic rings. The molecule has 0 spiro atoms. The number of nitrogens with zero attached hydrogens (tertiary/aromatic N) is 2. The normalized spacial score (nSPS) is 9.56. The number of nitriles is 1. The molecule has 1 N–H and O–H groups in total. The molecule has 0 radical (unpaired) electrons. The Balaban J connectivity index is 2.17. The molecule has 0 fully saturated rings. The van der Waals surface area contributed by atoms with Gasteiger partial charge < -0.3 is 5.32 Å². The number of benzene rings is 1. The largest absolute Gasteiger partial charge is 0.322 e. The van der Waals surface area contributed by atoms with Crippen molar-refractivity contribution in [2.45, 2.75) is 0 Å². The van der Waals surface area contributed by atoms with Gasteiger partial charge in [0, 0.05) is 22.5 Å². The summed E-state index contributed by atoms with van der Waals surface area (Å²) >= 11 is 5.75. The topological polar surface area (TPSA) is 65.8 Å². The highest BCUT2D eigenvalue weighted by Gasteiger charge is 2.07. The summed E-state index contributed by atoms with van der Waals surface area (Å²) in [6.07, 6.45) is 1.43. The summed E-state index contributed by atoms with van der Waals surface area (Å²) in [4.78, 5) is 15.7. The Labute approximate surface area is 109 Å². The van der Waals surface area contributed by atoms with Crippen LogP contribution in [0.25, 0.3) is 0 Å². The monoisotopic (exact) mass is 257 g/mol. The molecule has 0 bridgehead atoms. The second-order valence-corrected chi connectivity index (χ2v) is 3.94. The standard InChI is InChI=1S/C13H8ClN3O/c14-10-1-3-11(4-2-10)17-13(18)9-5-6-16-12(7-9)8-15/h1-7H,(H,17,18). The highest BCUT2D eigenvalue weighted by atomic mass is 35.5. The van der Waals surface area contributed by atoms with E-state index in [0.29, 0.717) is 16.3 Å². The SMILES string of the molecule is N#Cc1cc(C(=O)Nc2ccc(Cl)cc2)ccn1. The van der Waals surface area contributed by atoms with Crippen molar-refractivity contribution in [2.75, 3.05) is 5.32 Å². The summed E-state index contributed by atoms with van der Waals surface area (Å²) in [6.45, 7) is 0. The molecule has 4 nitrogen and oxygen atoms in total. The number of rotatable bonds is 2. The van der Waals surface area contributed by atoms with Gasteiger partial charge in [0.1, 0.15) is 11.8 Å². The number of hydrogen-bond donors (Lipinski definition) is 1. The molecule has 0 aliphatic heterocycles. The molecule has 1 heterocycles. The van der Waals surface area contributed by atoms with Gasteiger partial charge in [-0.15, -0.1) is 0 Å². The maximum absolute atomic E-state index is 11.9. The Morgan fingerprint density at radius 2 is 2.00 bits per heavy atom. The minimum atomic E-state index is -0.295. The van der Waals surface area contributed by atoms with Crippen molar-refractivity contribution in [3.05, 3.63) is 58.9 Å². The van der Waals surface area contributed by atoms with E-state index >= 15 is 0 Å². The van der Waals surface area contributed by atoms with Crippen molar-refractivity contribution < 1.29 is 4.79 Å². The lowest BCUT2D eigenvalue weighted by atomic mass is 10.2. The van der Waals surface area contributed by atoms with Crippen molar-refractivity contribution in [3.63, 3.8) is 0 Å². The number of amides is 1.